The number of benzene rings is 2. The Balaban J connectivity index is 2.19. The zero-order valence-corrected chi connectivity index (χ0v) is 15.9. The number of hydrogen-bond donors (Lipinski definition) is 1. The van der Waals surface area contributed by atoms with Crippen molar-refractivity contribution in [2.75, 3.05) is 42.0 Å². The van der Waals surface area contributed by atoms with Crippen molar-refractivity contribution in [1.82, 2.24) is 10.2 Å². The highest BCUT2D eigenvalue weighted by Gasteiger charge is 2.19. The quantitative estimate of drug-likeness (QED) is 0.786. The van der Waals surface area contributed by atoms with Gasteiger partial charge in [-0.2, -0.15) is 0 Å². The van der Waals surface area contributed by atoms with E-state index < -0.39 is 0 Å². The number of hydrogen-bond acceptors (Lipinski definition) is 5. The zero-order chi connectivity index (χ0) is 19.1. The second kappa shape index (κ2) is 9.10. The highest BCUT2D eigenvalue weighted by Crippen LogP contribution is 2.38. The van der Waals surface area contributed by atoms with Crippen LogP contribution in [0.25, 0.3) is 0 Å². The second-order valence-electron chi connectivity index (χ2n) is 6.01. The molecule has 1 amide bonds. The first-order chi connectivity index (χ1) is 12.5. The van der Waals surface area contributed by atoms with Crippen LogP contribution in [0.1, 0.15) is 22.0 Å². The molecule has 1 N–H and O–H groups in total. The minimum atomic E-state index is -0.202. The highest BCUT2D eigenvalue weighted by molar-refractivity contribution is 5.95. The van der Waals surface area contributed by atoms with Crippen molar-refractivity contribution < 1.29 is 19.0 Å². The predicted octanol–water partition coefficient (Wildman–Crippen LogP) is 2.75. The minimum Gasteiger partial charge on any atom is -0.493 e. The van der Waals surface area contributed by atoms with E-state index >= 15 is 0 Å². The number of carbonyl (C=O) groups is 1. The van der Waals surface area contributed by atoms with E-state index in [1.54, 1.807) is 12.1 Å². The van der Waals surface area contributed by atoms with Crippen molar-refractivity contribution in [3.63, 3.8) is 0 Å². The number of carbonyl (C=O) groups excluding carboxylic acids is 1. The van der Waals surface area contributed by atoms with E-state index in [2.05, 4.69) is 22.3 Å². The van der Waals surface area contributed by atoms with E-state index in [1.165, 1.54) is 21.3 Å². The van der Waals surface area contributed by atoms with Crippen molar-refractivity contribution in [2.45, 2.75) is 6.04 Å². The molecule has 0 saturated carbocycles. The molecule has 0 spiro atoms. The number of rotatable bonds is 8. The van der Waals surface area contributed by atoms with Gasteiger partial charge in [-0.3, -0.25) is 4.79 Å². The molecule has 140 valence electrons. The van der Waals surface area contributed by atoms with Crippen LogP contribution in [-0.4, -0.2) is 52.8 Å². The smallest absolute Gasteiger partial charge is 0.251 e. The summed E-state index contributed by atoms with van der Waals surface area (Å²) in [5, 5.41) is 2.99. The number of methoxy groups -OCH3 is 3. The van der Waals surface area contributed by atoms with E-state index in [9.17, 15) is 4.79 Å². The largest absolute Gasteiger partial charge is 0.493 e. The summed E-state index contributed by atoms with van der Waals surface area (Å²) in [7, 11) is 8.56. The molecule has 2 aromatic rings. The third-order valence-corrected chi connectivity index (χ3v) is 4.19. The van der Waals surface area contributed by atoms with Crippen LogP contribution in [0.4, 0.5) is 0 Å². The number of ether oxygens (including phenoxy) is 3. The first-order valence-electron chi connectivity index (χ1n) is 8.31. The van der Waals surface area contributed by atoms with E-state index in [-0.39, 0.29) is 11.9 Å². The molecule has 0 bridgehead atoms. The van der Waals surface area contributed by atoms with Gasteiger partial charge >= 0.3 is 0 Å². The molecule has 0 aliphatic carbocycles. The lowest BCUT2D eigenvalue weighted by molar-refractivity contribution is 0.0941. The topological polar surface area (TPSA) is 60.0 Å². The Morgan fingerprint density at radius 1 is 1.00 bits per heavy atom. The second-order valence-corrected chi connectivity index (χ2v) is 6.01. The molecule has 0 radical (unpaired) electrons. The summed E-state index contributed by atoms with van der Waals surface area (Å²) >= 11 is 0. The number of amides is 1. The first kappa shape index (κ1) is 19.6. The van der Waals surface area contributed by atoms with Gasteiger partial charge in [0.15, 0.2) is 11.5 Å². The Labute approximate surface area is 154 Å². The molecule has 0 unspecified atom stereocenters. The van der Waals surface area contributed by atoms with Gasteiger partial charge in [-0.1, -0.05) is 30.3 Å². The first-order valence-corrected chi connectivity index (χ1v) is 8.31. The zero-order valence-electron chi connectivity index (χ0n) is 15.9. The van der Waals surface area contributed by atoms with Crippen molar-refractivity contribution in [2.24, 2.45) is 0 Å². The summed E-state index contributed by atoms with van der Waals surface area (Å²) in [6.07, 6.45) is 0. The molecular weight excluding hydrogens is 332 g/mol. The van der Waals surface area contributed by atoms with Gasteiger partial charge in [-0.05, 0) is 31.8 Å². The molecule has 0 heterocycles. The van der Waals surface area contributed by atoms with Crippen LogP contribution in [0.15, 0.2) is 42.5 Å². The van der Waals surface area contributed by atoms with Crippen LogP contribution in [0, 0.1) is 0 Å². The lowest BCUT2D eigenvalue weighted by Crippen LogP contribution is -2.34. The fraction of sp³-hybridized carbons (Fsp3) is 0.350. The minimum absolute atomic E-state index is 0.0715. The molecule has 0 aliphatic rings. The van der Waals surface area contributed by atoms with Crippen molar-refractivity contribution in [3.05, 3.63) is 53.6 Å². The predicted molar refractivity (Wildman–Crippen MR) is 101 cm³/mol. The van der Waals surface area contributed by atoms with Gasteiger partial charge in [0.25, 0.3) is 5.91 Å². The van der Waals surface area contributed by atoms with Gasteiger partial charge in [0, 0.05) is 12.1 Å². The SMILES string of the molecule is COc1cc(C(=O)NC[C@H](c2ccccc2)N(C)C)cc(OC)c1OC. The molecule has 0 fully saturated rings. The molecule has 26 heavy (non-hydrogen) atoms. The van der Waals surface area contributed by atoms with Crippen molar-refractivity contribution in [1.29, 1.82) is 0 Å². The Kier molecular flexibility index (Phi) is 6.86. The monoisotopic (exact) mass is 358 g/mol. The van der Waals surface area contributed by atoms with Crippen LogP contribution in [0.3, 0.4) is 0 Å². The third kappa shape index (κ3) is 4.46. The van der Waals surface area contributed by atoms with E-state index in [0.717, 1.165) is 5.56 Å². The number of nitrogens with one attached hydrogen (secondary N) is 1. The fourth-order valence-corrected chi connectivity index (χ4v) is 2.78. The molecule has 1 atom stereocenters. The third-order valence-electron chi connectivity index (χ3n) is 4.19. The Hall–Kier alpha value is -2.73. The average molecular weight is 358 g/mol. The molecule has 0 aromatic heterocycles. The maximum atomic E-state index is 12.7. The lowest BCUT2D eigenvalue weighted by Gasteiger charge is -2.25. The van der Waals surface area contributed by atoms with Gasteiger partial charge in [-0.15, -0.1) is 0 Å². The highest BCUT2D eigenvalue weighted by atomic mass is 16.5. The molecule has 2 rings (SSSR count). The summed E-state index contributed by atoms with van der Waals surface area (Å²) in [6, 6.07) is 13.4. The van der Waals surface area contributed by atoms with Crippen LogP contribution in [0.5, 0.6) is 17.2 Å². The summed E-state index contributed by atoms with van der Waals surface area (Å²) < 4.78 is 15.9. The van der Waals surface area contributed by atoms with Crippen molar-refractivity contribution >= 4 is 5.91 Å². The Morgan fingerprint density at radius 3 is 2.04 bits per heavy atom. The van der Waals surface area contributed by atoms with Crippen LogP contribution in [-0.2, 0) is 0 Å². The standard InChI is InChI=1S/C20H26N2O4/c1-22(2)16(14-9-7-6-8-10-14)13-21-20(23)15-11-17(24-3)19(26-5)18(12-15)25-4/h6-12,16H,13H2,1-5H3,(H,21,23)/t16-/m1/s1. The molecular formula is C20H26N2O4. The van der Waals surface area contributed by atoms with Gasteiger partial charge < -0.3 is 24.4 Å². The number of nitrogens with zero attached hydrogens (tertiary/aromatic N) is 1. The van der Waals surface area contributed by atoms with Crippen LogP contribution in [0.2, 0.25) is 0 Å². The lowest BCUT2D eigenvalue weighted by atomic mass is 10.1. The normalized spacial score (nSPS) is 11.8. The summed E-state index contributed by atoms with van der Waals surface area (Å²) in [6.45, 7) is 0.479. The molecule has 6 nitrogen and oxygen atoms in total. The van der Waals surface area contributed by atoms with Gasteiger partial charge in [0.05, 0.1) is 27.4 Å². The van der Waals surface area contributed by atoms with Gasteiger partial charge in [0.2, 0.25) is 5.75 Å². The molecule has 2 aromatic carbocycles. The van der Waals surface area contributed by atoms with Crippen LogP contribution < -0.4 is 19.5 Å². The summed E-state index contributed by atoms with van der Waals surface area (Å²) in [5.41, 5.74) is 1.59. The maximum absolute atomic E-state index is 12.7. The van der Waals surface area contributed by atoms with Crippen molar-refractivity contribution in [3.8, 4) is 17.2 Å². The molecule has 0 saturated heterocycles. The number of likely N-dealkylation sites (N-methyl/N-ethyl adjacent to an activating group) is 1. The van der Waals surface area contributed by atoms with E-state index in [4.69, 9.17) is 14.2 Å². The molecule has 6 heteroatoms. The summed E-state index contributed by atoms with van der Waals surface area (Å²) in [5.74, 6) is 1.16. The van der Waals surface area contributed by atoms with E-state index in [1.807, 2.05) is 32.3 Å². The maximum Gasteiger partial charge on any atom is 0.251 e. The van der Waals surface area contributed by atoms with Gasteiger partial charge in [0.1, 0.15) is 0 Å². The average Bonchev–Trinajstić information content (AvgIpc) is 2.67. The van der Waals surface area contributed by atoms with Gasteiger partial charge in [-0.25, -0.2) is 0 Å². The molecule has 0 aliphatic heterocycles. The summed E-state index contributed by atoms with van der Waals surface area (Å²) in [4.78, 5) is 14.7. The van der Waals surface area contributed by atoms with E-state index in [0.29, 0.717) is 29.4 Å². The Morgan fingerprint density at radius 2 is 1.58 bits per heavy atom. The van der Waals surface area contributed by atoms with Crippen LogP contribution >= 0.6 is 0 Å². The fourth-order valence-electron chi connectivity index (χ4n) is 2.78. The Bertz CT molecular complexity index is 707.